The van der Waals surface area contributed by atoms with Crippen molar-refractivity contribution in [2.45, 2.75) is 43.8 Å². The maximum atomic E-state index is 14.6. The van der Waals surface area contributed by atoms with Gasteiger partial charge in [0, 0.05) is 43.4 Å². The molecule has 0 saturated carbocycles. The number of amides is 1. The van der Waals surface area contributed by atoms with Crippen molar-refractivity contribution in [3.63, 3.8) is 0 Å². The first-order valence-electron chi connectivity index (χ1n) is 9.75. The minimum atomic E-state index is -3.15. The fraction of sp³-hybridized carbons (Fsp3) is 0.429. The van der Waals surface area contributed by atoms with Crippen LogP contribution in [0.25, 0.3) is 0 Å². The number of anilines is 1. The molecule has 156 valence electrons. The fourth-order valence-electron chi connectivity index (χ4n) is 4.21. The third kappa shape index (κ3) is 3.65. The van der Waals surface area contributed by atoms with Crippen LogP contribution in [-0.2, 0) is 10.7 Å². The van der Waals surface area contributed by atoms with Crippen molar-refractivity contribution in [1.82, 2.24) is 14.9 Å². The number of halogens is 2. The second-order valence-corrected chi connectivity index (χ2v) is 7.47. The van der Waals surface area contributed by atoms with E-state index in [0.29, 0.717) is 17.9 Å². The van der Waals surface area contributed by atoms with Gasteiger partial charge in [-0.05, 0) is 31.0 Å². The molecule has 0 spiro atoms. The van der Waals surface area contributed by atoms with Crippen LogP contribution in [0.4, 0.5) is 14.6 Å². The lowest BCUT2D eigenvalue weighted by atomic mass is 10.0. The standard InChI is InChI=1S/C21H21F2N5O2/c1-30-18-10-15(7-9-25-18)21(22,23)8-6-20(29)27-13-16-3-5-19(27)28(16)17-4-2-14(11-24)12-26-17/h2,4,7,9-10,12,16,19H,3,5-6,8,13H2,1H3. The van der Waals surface area contributed by atoms with E-state index in [0.717, 1.165) is 12.8 Å². The van der Waals surface area contributed by atoms with Crippen molar-refractivity contribution in [2.75, 3.05) is 18.6 Å². The zero-order chi connectivity index (χ0) is 21.3. The topological polar surface area (TPSA) is 82.4 Å². The molecule has 2 atom stereocenters. The first kappa shape index (κ1) is 20.0. The molecule has 2 aliphatic rings. The smallest absolute Gasteiger partial charge is 0.274 e. The Hall–Kier alpha value is -3.28. The molecular weight excluding hydrogens is 392 g/mol. The van der Waals surface area contributed by atoms with Crippen LogP contribution in [0.15, 0.2) is 36.7 Å². The normalized spacial score (nSPS) is 20.3. The highest BCUT2D eigenvalue weighted by Gasteiger charge is 2.47. The van der Waals surface area contributed by atoms with Crippen molar-refractivity contribution >= 4 is 11.7 Å². The summed E-state index contributed by atoms with van der Waals surface area (Å²) in [5.74, 6) is -2.63. The summed E-state index contributed by atoms with van der Waals surface area (Å²) in [5, 5.41) is 8.93. The van der Waals surface area contributed by atoms with E-state index in [1.807, 2.05) is 6.07 Å². The number of carbonyl (C=O) groups is 1. The number of rotatable bonds is 6. The predicted molar refractivity (Wildman–Crippen MR) is 104 cm³/mol. The monoisotopic (exact) mass is 413 g/mol. The lowest BCUT2D eigenvalue weighted by Crippen LogP contribution is -2.41. The Bertz CT molecular complexity index is 976. The van der Waals surface area contributed by atoms with Crippen LogP contribution >= 0.6 is 0 Å². The summed E-state index contributed by atoms with van der Waals surface area (Å²) >= 11 is 0. The van der Waals surface area contributed by atoms with Crippen molar-refractivity contribution in [1.29, 1.82) is 5.26 Å². The van der Waals surface area contributed by atoms with Crippen LogP contribution in [0.1, 0.15) is 36.8 Å². The molecule has 0 aliphatic carbocycles. The number of aromatic nitrogens is 2. The van der Waals surface area contributed by atoms with Gasteiger partial charge in [-0.1, -0.05) is 0 Å². The Morgan fingerprint density at radius 2 is 2.17 bits per heavy atom. The lowest BCUT2D eigenvalue weighted by molar-refractivity contribution is -0.135. The van der Waals surface area contributed by atoms with Crippen LogP contribution in [0.2, 0.25) is 0 Å². The summed E-state index contributed by atoms with van der Waals surface area (Å²) in [6, 6.07) is 8.04. The van der Waals surface area contributed by atoms with Gasteiger partial charge in [-0.2, -0.15) is 5.26 Å². The molecule has 2 fully saturated rings. The molecule has 0 radical (unpaired) electrons. The number of fused-ring (bicyclic) bond motifs is 2. The largest absolute Gasteiger partial charge is 0.481 e. The van der Waals surface area contributed by atoms with Gasteiger partial charge < -0.3 is 14.5 Å². The number of piperidine rings is 1. The average molecular weight is 413 g/mol. The van der Waals surface area contributed by atoms with E-state index in [1.54, 1.807) is 17.0 Å². The molecule has 9 heteroatoms. The Balaban J connectivity index is 1.42. The van der Waals surface area contributed by atoms with Gasteiger partial charge in [0.1, 0.15) is 18.1 Å². The number of alkyl halides is 2. The number of nitriles is 1. The minimum absolute atomic E-state index is 0.112. The highest BCUT2D eigenvalue weighted by molar-refractivity contribution is 5.78. The number of carbonyl (C=O) groups excluding carboxylic acids is 1. The van der Waals surface area contributed by atoms with E-state index in [9.17, 15) is 13.6 Å². The molecule has 2 bridgehead atoms. The molecule has 2 aliphatic heterocycles. The third-order valence-corrected chi connectivity index (χ3v) is 5.72. The summed E-state index contributed by atoms with van der Waals surface area (Å²) in [6.45, 7) is 0.500. The Labute approximate surface area is 172 Å². The number of methoxy groups -OCH3 is 1. The summed E-state index contributed by atoms with van der Waals surface area (Å²) in [6.07, 6.45) is 3.45. The van der Waals surface area contributed by atoms with Crippen LogP contribution in [0, 0.1) is 11.3 Å². The third-order valence-electron chi connectivity index (χ3n) is 5.72. The zero-order valence-corrected chi connectivity index (χ0v) is 16.5. The molecular formula is C21H21F2N5O2. The second-order valence-electron chi connectivity index (χ2n) is 7.47. The number of pyridine rings is 2. The van der Waals surface area contributed by atoms with E-state index >= 15 is 0 Å². The van der Waals surface area contributed by atoms with Crippen molar-refractivity contribution in [3.8, 4) is 11.9 Å². The lowest BCUT2D eigenvalue weighted by Gasteiger charge is -2.28. The highest BCUT2D eigenvalue weighted by atomic mass is 19.3. The number of hydrogen-bond donors (Lipinski definition) is 0. The van der Waals surface area contributed by atoms with E-state index < -0.39 is 12.3 Å². The Kier molecular flexibility index (Phi) is 5.24. The number of ether oxygens (including phenoxy) is 1. The van der Waals surface area contributed by atoms with Crippen LogP contribution in [0.5, 0.6) is 5.88 Å². The number of nitrogens with zero attached hydrogens (tertiary/aromatic N) is 5. The van der Waals surface area contributed by atoms with Gasteiger partial charge >= 0.3 is 0 Å². The summed E-state index contributed by atoms with van der Waals surface area (Å²) in [7, 11) is 1.37. The molecule has 2 aromatic rings. The molecule has 7 nitrogen and oxygen atoms in total. The molecule has 30 heavy (non-hydrogen) atoms. The zero-order valence-electron chi connectivity index (χ0n) is 16.5. The second kappa shape index (κ2) is 7.86. The highest BCUT2D eigenvalue weighted by Crippen LogP contribution is 2.39. The van der Waals surface area contributed by atoms with Crippen LogP contribution in [-0.4, -0.2) is 46.6 Å². The van der Waals surface area contributed by atoms with Crippen LogP contribution in [0.3, 0.4) is 0 Å². The molecule has 1 amide bonds. The summed E-state index contributed by atoms with van der Waals surface area (Å²) in [5.41, 5.74) is 0.252. The van der Waals surface area contributed by atoms with Crippen molar-refractivity contribution in [2.24, 2.45) is 0 Å². The molecule has 0 aromatic carbocycles. The Morgan fingerprint density at radius 1 is 1.33 bits per heavy atom. The van der Waals surface area contributed by atoms with Gasteiger partial charge in [0.25, 0.3) is 5.92 Å². The van der Waals surface area contributed by atoms with Gasteiger partial charge in [0.05, 0.1) is 18.7 Å². The molecule has 2 aromatic heterocycles. The predicted octanol–water partition coefficient (Wildman–Crippen LogP) is 3.07. The summed E-state index contributed by atoms with van der Waals surface area (Å²) < 4.78 is 34.1. The quantitative estimate of drug-likeness (QED) is 0.724. The first-order valence-corrected chi connectivity index (χ1v) is 9.75. The van der Waals surface area contributed by atoms with E-state index in [4.69, 9.17) is 10.00 Å². The van der Waals surface area contributed by atoms with Gasteiger partial charge in [-0.3, -0.25) is 4.79 Å². The van der Waals surface area contributed by atoms with Crippen molar-refractivity contribution < 1.29 is 18.3 Å². The van der Waals surface area contributed by atoms with Crippen LogP contribution < -0.4 is 9.64 Å². The van der Waals surface area contributed by atoms with E-state index in [-0.39, 0.29) is 36.0 Å². The van der Waals surface area contributed by atoms with E-state index in [2.05, 4.69) is 14.9 Å². The molecule has 4 heterocycles. The molecule has 2 saturated heterocycles. The minimum Gasteiger partial charge on any atom is -0.481 e. The van der Waals surface area contributed by atoms with Gasteiger partial charge in [-0.15, -0.1) is 0 Å². The fourth-order valence-corrected chi connectivity index (χ4v) is 4.21. The molecule has 4 rings (SSSR count). The van der Waals surface area contributed by atoms with E-state index in [1.165, 1.54) is 31.6 Å². The maximum absolute atomic E-state index is 14.6. The average Bonchev–Trinajstić information content (AvgIpc) is 3.36. The van der Waals surface area contributed by atoms with Gasteiger partial charge in [-0.25, -0.2) is 18.7 Å². The number of likely N-dealkylation sites (tertiary alicyclic amines) is 1. The Morgan fingerprint density at radius 3 is 2.87 bits per heavy atom. The first-order chi connectivity index (χ1) is 14.4. The SMILES string of the molecule is COc1cc(C(F)(F)CCC(=O)N2CC3CCC2N3c2ccc(C#N)cn2)ccn1. The van der Waals surface area contributed by atoms with Gasteiger partial charge in [0.2, 0.25) is 11.8 Å². The number of hydrogen-bond acceptors (Lipinski definition) is 6. The maximum Gasteiger partial charge on any atom is 0.274 e. The van der Waals surface area contributed by atoms with Crippen molar-refractivity contribution in [3.05, 3.63) is 47.8 Å². The molecule has 2 unspecified atom stereocenters. The summed E-state index contributed by atoms with van der Waals surface area (Å²) in [4.78, 5) is 24.7. The van der Waals surface area contributed by atoms with Gasteiger partial charge in [0.15, 0.2) is 0 Å². The molecule has 0 N–H and O–H groups in total.